The van der Waals surface area contributed by atoms with Crippen molar-refractivity contribution in [1.82, 2.24) is 10.3 Å². The van der Waals surface area contributed by atoms with Gasteiger partial charge in [-0.15, -0.1) is 0 Å². The van der Waals surface area contributed by atoms with Gasteiger partial charge in [0.2, 0.25) is 5.91 Å². The van der Waals surface area contributed by atoms with Crippen LogP contribution in [0.4, 0.5) is 5.69 Å². The van der Waals surface area contributed by atoms with E-state index in [9.17, 15) is 9.00 Å². The summed E-state index contributed by atoms with van der Waals surface area (Å²) >= 11 is 0. The number of oxazole rings is 1. The highest BCUT2D eigenvalue weighted by Gasteiger charge is 2.45. The Bertz CT molecular complexity index is 1010. The molecular weight excluding hydrogens is 436 g/mol. The number of rotatable bonds is 4. The second kappa shape index (κ2) is 10.5. The van der Waals surface area contributed by atoms with Crippen LogP contribution in [0.1, 0.15) is 50.8 Å². The van der Waals surface area contributed by atoms with Crippen molar-refractivity contribution in [1.29, 1.82) is 5.26 Å². The summed E-state index contributed by atoms with van der Waals surface area (Å²) in [4.78, 5) is 18.3. The van der Waals surface area contributed by atoms with Crippen molar-refractivity contribution in [3.8, 4) is 17.3 Å². The van der Waals surface area contributed by atoms with Crippen LogP contribution in [0.5, 0.6) is 0 Å². The molecule has 2 aromatic rings. The average Bonchev–Trinajstić information content (AvgIpc) is 3.50. The summed E-state index contributed by atoms with van der Waals surface area (Å²) in [7, 11) is -0.630. The number of hydrogen-bond acceptors (Lipinski definition) is 6. The quantitative estimate of drug-likeness (QED) is 0.729. The predicted molar refractivity (Wildman–Crippen MR) is 129 cm³/mol. The summed E-state index contributed by atoms with van der Waals surface area (Å²) in [6.45, 7) is 3.58. The van der Waals surface area contributed by atoms with Gasteiger partial charge < -0.3 is 14.6 Å². The third kappa shape index (κ3) is 6.23. The van der Waals surface area contributed by atoms with Gasteiger partial charge in [0.1, 0.15) is 17.5 Å². The van der Waals surface area contributed by atoms with E-state index in [2.05, 4.69) is 45.5 Å². The molecule has 3 aliphatic rings. The third-order valence-corrected chi connectivity index (χ3v) is 7.90. The maximum Gasteiger partial charge on any atom is 0.224 e. The van der Waals surface area contributed by atoms with E-state index in [0.29, 0.717) is 5.89 Å². The van der Waals surface area contributed by atoms with Gasteiger partial charge in [-0.25, -0.2) is 4.98 Å². The second-order valence-electron chi connectivity index (χ2n) is 9.15. The normalized spacial score (nSPS) is 20.3. The monoisotopic (exact) mass is 468 g/mol. The number of aryl methyl sites for hydroxylation is 1. The van der Waals surface area contributed by atoms with Gasteiger partial charge in [-0.2, -0.15) is 5.26 Å². The van der Waals surface area contributed by atoms with Gasteiger partial charge >= 0.3 is 0 Å². The molecule has 3 fully saturated rings. The molecule has 1 aliphatic heterocycles. The fraction of sp³-hybridized carbons (Fsp3) is 0.560. The number of aromatic nitrogens is 1. The lowest BCUT2D eigenvalue weighted by Crippen LogP contribution is -2.40. The Hall–Kier alpha value is -2.66. The lowest BCUT2D eigenvalue weighted by atomic mass is 9.88. The van der Waals surface area contributed by atoms with Crippen LogP contribution >= 0.6 is 0 Å². The maximum absolute atomic E-state index is 11.8. The molecule has 1 N–H and O–H groups in total. The molecule has 1 aromatic heterocycles. The molecular formula is C25H32N4O3S. The van der Waals surface area contributed by atoms with E-state index in [4.69, 9.17) is 9.68 Å². The molecule has 0 unspecified atom stereocenters. The average molecular weight is 469 g/mol. The molecule has 1 aromatic carbocycles. The second-order valence-corrected chi connectivity index (χ2v) is 10.8. The molecule has 2 heterocycles. The minimum atomic E-state index is -0.630. The number of carbonyl (C=O) groups excluding carboxylic acids is 1. The predicted octanol–water partition coefficient (Wildman–Crippen LogP) is 3.96. The third-order valence-electron chi connectivity index (χ3n) is 6.63. The van der Waals surface area contributed by atoms with Gasteiger partial charge in [0, 0.05) is 59.5 Å². The summed E-state index contributed by atoms with van der Waals surface area (Å²) in [6.07, 6.45) is 8.95. The van der Waals surface area contributed by atoms with Crippen molar-refractivity contribution in [2.75, 3.05) is 29.5 Å². The van der Waals surface area contributed by atoms with E-state index in [1.807, 2.05) is 6.92 Å². The molecule has 8 heteroatoms. The SMILES string of the molecule is Cc1nc(-c2ccc(N3CCS(=O)CC3)cc2)co1.N#CC1(NC(=O)C2CCCCC2)CC1. The number of amides is 1. The van der Waals surface area contributed by atoms with Crippen LogP contribution in [0.15, 0.2) is 34.9 Å². The van der Waals surface area contributed by atoms with Crippen LogP contribution in [-0.4, -0.2) is 45.2 Å². The molecule has 1 amide bonds. The van der Waals surface area contributed by atoms with Crippen molar-refractivity contribution in [2.45, 2.75) is 57.4 Å². The van der Waals surface area contributed by atoms with Crippen LogP contribution in [0.3, 0.4) is 0 Å². The Labute approximate surface area is 198 Å². The molecule has 0 spiro atoms. The Balaban J connectivity index is 0.000000165. The fourth-order valence-electron chi connectivity index (χ4n) is 4.33. The molecule has 7 nitrogen and oxygen atoms in total. The smallest absolute Gasteiger partial charge is 0.224 e. The first-order valence-electron chi connectivity index (χ1n) is 11.8. The van der Waals surface area contributed by atoms with Gasteiger partial charge in [0.05, 0.1) is 6.07 Å². The van der Waals surface area contributed by atoms with E-state index in [1.54, 1.807) is 6.26 Å². The van der Waals surface area contributed by atoms with Crippen molar-refractivity contribution in [3.05, 3.63) is 36.4 Å². The lowest BCUT2D eigenvalue weighted by molar-refractivity contribution is -0.126. The summed E-state index contributed by atoms with van der Waals surface area (Å²) in [6, 6.07) is 10.5. The molecule has 2 saturated carbocycles. The van der Waals surface area contributed by atoms with Crippen molar-refractivity contribution >= 4 is 22.4 Å². The maximum atomic E-state index is 11.8. The summed E-state index contributed by atoms with van der Waals surface area (Å²) < 4.78 is 16.6. The molecule has 0 radical (unpaired) electrons. The highest BCUT2D eigenvalue weighted by Crippen LogP contribution is 2.35. The minimum Gasteiger partial charge on any atom is -0.449 e. The zero-order valence-corrected chi connectivity index (χ0v) is 20.0. The van der Waals surface area contributed by atoms with E-state index in [1.165, 1.54) is 12.1 Å². The number of carbonyl (C=O) groups is 1. The zero-order chi connectivity index (χ0) is 23.3. The van der Waals surface area contributed by atoms with Crippen molar-refractivity contribution in [2.24, 2.45) is 5.92 Å². The summed E-state index contributed by atoms with van der Waals surface area (Å²) in [5.41, 5.74) is 2.62. The van der Waals surface area contributed by atoms with Crippen LogP contribution in [-0.2, 0) is 15.6 Å². The highest BCUT2D eigenvalue weighted by molar-refractivity contribution is 7.85. The highest BCUT2D eigenvalue weighted by atomic mass is 32.2. The standard InChI is InChI=1S/C14H16N2O2S.C11H16N2O/c1-11-15-14(10-18-11)12-2-4-13(5-3-12)16-6-8-19(17)9-7-16;12-8-11(6-7-11)13-10(14)9-4-2-1-3-5-9/h2-5,10H,6-9H2,1H3;9H,1-7H2,(H,13,14). The number of nitrogens with one attached hydrogen (secondary N) is 1. The lowest BCUT2D eigenvalue weighted by Gasteiger charge is -2.28. The number of anilines is 1. The van der Waals surface area contributed by atoms with Crippen LogP contribution in [0, 0.1) is 24.2 Å². The first-order chi connectivity index (χ1) is 16.0. The fourth-order valence-corrected chi connectivity index (χ4v) is 5.38. The minimum absolute atomic E-state index is 0.115. The number of nitriles is 1. The Morgan fingerprint density at radius 2 is 1.85 bits per heavy atom. The molecule has 0 bridgehead atoms. The molecule has 5 rings (SSSR count). The van der Waals surface area contributed by atoms with Crippen molar-refractivity contribution in [3.63, 3.8) is 0 Å². The Kier molecular flexibility index (Phi) is 7.49. The van der Waals surface area contributed by atoms with Gasteiger partial charge in [-0.3, -0.25) is 9.00 Å². The van der Waals surface area contributed by atoms with E-state index in [0.717, 1.165) is 74.4 Å². The summed E-state index contributed by atoms with van der Waals surface area (Å²) in [5, 5.41) is 11.7. The number of hydrogen-bond donors (Lipinski definition) is 1. The van der Waals surface area contributed by atoms with E-state index >= 15 is 0 Å². The van der Waals surface area contributed by atoms with Crippen LogP contribution in [0.25, 0.3) is 11.3 Å². The van der Waals surface area contributed by atoms with Gasteiger partial charge in [-0.1, -0.05) is 31.4 Å². The summed E-state index contributed by atoms with van der Waals surface area (Å²) in [5.74, 6) is 2.50. The van der Waals surface area contributed by atoms with Gasteiger partial charge in [0.25, 0.3) is 0 Å². The largest absolute Gasteiger partial charge is 0.449 e. The van der Waals surface area contributed by atoms with Gasteiger partial charge in [0.15, 0.2) is 5.89 Å². The van der Waals surface area contributed by atoms with E-state index in [-0.39, 0.29) is 11.8 Å². The zero-order valence-electron chi connectivity index (χ0n) is 19.2. The molecule has 176 valence electrons. The molecule has 0 atom stereocenters. The molecule has 2 aliphatic carbocycles. The van der Waals surface area contributed by atoms with Crippen LogP contribution in [0.2, 0.25) is 0 Å². The topological polar surface area (TPSA) is 99.2 Å². The Morgan fingerprint density at radius 1 is 1.18 bits per heavy atom. The van der Waals surface area contributed by atoms with E-state index < -0.39 is 16.3 Å². The molecule has 1 saturated heterocycles. The number of nitrogens with zero attached hydrogens (tertiary/aromatic N) is 3. The molecule has 33 heavy (non-hydrogen) atoms. The first kappa shape index (κ1) is 23.5. The Morgan fingerprint density at radius 3 is 2.39 bits per heavy atom. The number of benzene rings is 1. The van der Waals surface area contributed by atoms with Crippen molar-refractivity contribution < 1.29 is 13.4 Å². The first-order valence-corrected chi connectivity index (χ1v) is 13.3. The van der Waals surface area contributed by atoms with Gasteiger partial charge in [-0.05, 0) is 37.8 Å². The van der Waals surface area contributed by atoms with Crippen LogP contribution < -0.4 is 10.2 Å².